The van der Waals surface area contributed by atoms with Crippen molar-refractivity contribution in [1.29, 1.82) is 0 Å². The molecule has 4 rings (SSSR count). The van der Waals surface area contributed by atoms with Gasteiger partial charge in [-0.1, -0.05) is 42.5 Å². The number of hydrazone groups is 1. The molecule has 1 heterocycles. The van der Waals surface area contributed by atoms with Crippen molar-refractivity contribution in [1.82, 2.24) is 5.01 Å². The number of hydrogen-bond donors (Lipinski definition) is 0. The molecule has 0 saturated heterocycles. The molecule has 0 saturated carbocycles. The van der Waals surface area contributed by atoms with Gasteiger partial charge in [-0.05, 0) is 35.0 Å². The standard InChI is InChI=1S/C21H18N2O3/c1-14(24)23-21(18-9-5-6-10-19(18)25-2)26-20(22-23)17-12-11-15-7-3-4-8-16(15)13-17/h3-13,21H,1-2H3. The molecule has 0 fully saturated rings. The Labute approximate surface area is 151 Å². The van der Waals surface area contributed by atoms with E-state index in [1.807, 2.05) is 60.7 Å². The molecular formula is C21H18N2O3. The number of carbonyl (C=O) groups excluding carboxylic acids is 1. The first-order valence-electron chi connectivity index (χ1n) is 8.34. The lowest BCUT2D eigenvalue weighted by molar-refractivity contribution is -0.135. The van der Waals surface area contributed by atoms with Gasteiger partial charge in [0.25, 0.3) is 0 Å². The number of hydrogen-bond acceptors (Lipinski definition) is 4. The molecule has 0 radical (unpaired) electrons. The zero-order valence-corrected chi connectivity index (χ0v) is 14.5. The summed E-state index contributed by atoms with van der Waals surface area (Å²) in [5.74, 6) is 0.872. The van der Waals surface area contributed by atoms with Gasteiger partial charge in [0.1, 0.15) is 5.75 Å². The predicted octanol–water partition coefficient (Wildman–Crippen LogP) is 4.09. The van der Waals surface area contributed by atoms with Gasteiger partial charge in [-0.3, -0.25) is 4.79 Å². The number of amides is 1. The van der Waals surface area contributed by atoms with E-state index in [0.29, 0.717) is 11.6 Å². The van der Waals surface area contributed by atoms with E-state index in [4.69, 9.17) is 9.47 Å². The highest BCUT2D eigenvalue weighted by Gasteiger charge is 2.34. The van der Waals surface area contributed by atoms with Gasteiger partial charge in [-0.25, -0.2) is 0 Å². The van der Waals surface area contributed by atoms with Gasteiger partial charge in [-0.2, -0.15) is 5.01 Å². The summed E-state index contributed by atoms with van der Waals surface area (Å²) in [6.07, 6.45) is -0.648. The highest BCUT2D eigenvalue weighted by atomic mass is 16.5. The van der Waals surface area contributed by atoms with Crippen LogP contribution in [0.4, 0.5) is 0 Å². The number of nitrogens with zero attached hydrogens (tertiary/aromatic N) is 2. The van der Waals surface area contributed by atoms with Crippen LogP contribution in [-0.2, 0) is 9.53 Å². The SMILES string of the molecule is COc1ccccc1C1OC(c2ccc3ccccc3c2)=NN1C(C)=O. The topological polar surface area (TPSA) is 51.1 Å². The average Bonchev–Trinajstić information content (AvgIpc) is 3.13. The molecule has 1 aliphatic rings. The largest absolute Gasteiger partial charge is 0.496 e. The molecule has 130 valence electrons. The molecule has 1 atom stereocenters. The van der Waals surface area contributed by atoms with Crippen molar-refractivity contribution in [2.45, 2.75) is 13.2 Å². The summed E-state index contributed by atoms with van der Waals surface area (Å²) in [7, 11) is 1.59. The van der Waals surface area contributed by atoms with Crippen molar-refractivity contribution in [3.8, 4) is 5.75 Å². The van der Waals surface area contributed by atoms with Crippen molar-refractivity contribution in [3.63, 3.8) is 0 Å². The Balaban J connectivity index is 1.74. The molecule has 5 nitrogen and oxygen atoms in total. The number of methoxy groups -OCH3 is 1. The van der Waals surface area contributed by atoms with Crippen LogP contribution in [0.2, 0.25) is 0 Å². The molecule has 3 aromatic rings. The fraction of sp³-hybridized carbons (Fsp3) is 0.143. The molecular weight excluding hydrogens is 328 g/mol. The average molecular weight is 346 g/mol. The number of carbonyl (C=O) groups is 1. The van der Waals surface area contributed by atoms with Crippen LogP contribution in [0.15, 0.2) is 71.8 Å². The Bertz CT molecular complexity index is 1010. The van der Waals surface area contributed by atoms with Crippen molar-refractivity contribution < 1.29 is 14.3 Å². The maximum Gasteiger partial charge on any atom is 0.243 e. The lowest BCUT2D eigenvalue weighted by atomic mass is 10.1. The second-order valence-corrected chi connectivity index (χ2v) is 6.04. The van der Waals surface area contributed by atoms with Gasteiger partial charge in [0.05, 0.1) is 12.7 Å². The van der Waals surface area contributed by atoms with Crippen LogP contribution in [0, 0.1) is 0 Å². The Morgan fingerprint density at radius 2 is 1.77 bits per heavy atom. The zero-order valence-electron chi connectivity index (χ0n) is 14.5. The van der Waals surface area contributed by atoms with E-state index in [0.717, 1.165) is 21.9 Å². The predicted molar refractivity (Wildman–Crippen MR) is 99.8 cm³/mol. The summed E-state index contributed by atoms with van der Waals surface area (Å²) >= 11 is 0. The normalized spacial score (nSPS) is 16.3. The molecule has 26 heavy (non-hydrogen) atoms. The third-order valence-electron chi connectivity index (χ3n) is 4.37. The number of ether oxygens (including phenoxy) is 2. The van der Waals surface area contributed by atoms with E-state index in [1.54, 1.807) is 7.11 Å². The second-order valence-electron chi connectivity index (χ2n) is 6.04. The minimum absolute atomic E-state index is 0.198. The van der Waals surface area contributed by atoms with Gasteiger partial charge < -0.3 is 9.47 Å². The van der Waals surface area contributed by atoms with Gasteiger partial charge in [0.15, 0.2) is 0 Å². The lowest BCUT2D eigenvalue weighted by Crippen LogP contribution is -2.25. The third kappa shape index (κ3) is 2.77. The molecule has 1 unspecified atom stereocenters. The Kier molecular flexibility index (Phi) is 4.05. The van der Waals surface area contributed by atoms with Gasteiger partial charge in [0, 0.05) is 12.5 Å². The Morgan fingerprint density at radius 3 is 2.54 bits per heavy atom. The van der Waals surface area contributed by atoms with Gasteiger partial charge >= 0.3 is 0 Å². The Morgan fingerprint density at radius 1 is 1.04 bits per heavy atom. The van der Waals surface area contributed by atoms with E-state index < -0.39 is 6.23 Å². The minimum atomic E-state index is -0.648. The molecule has 1 aliphatic heterocycles. The van der Waals surface area contributed by atoms with E-state index in [9.17, 15) is 4.79 Å². The van der Waals surface area contributed by atoms with E-state index in [1.165, 1.54) is 11.9 Å². The van der Waals surface area contributed by atoms with E-state index >= 15 is 0 Å². The first-order chi connectivity index (χ1) is 12.7. The maximum absolute atomic E-state index is 12.1. The van der Waals surface area contributed by atoms with Crippen molar-refractivity contribution in [3.05, 3.63) is 77.9 Å². The molecule has 0 aliphatic carbocycles. The van der Waals surface area contributed by atoms with E-state index in [-0.39, 0.29) is 5.91 Å². The smallest absolute Gasteiger partial charge is 0.243 e. The van der Waals surface area contributed by atoms with Crippen LogP contribution in [0.1, 0.15) is 24.3 Å². The van der Waals surface area contributed by atoms with Crippen LogP contribution < -0.4 is 4.74 Å². The van der Waals surface area contributed by atoms with E-state index in [2.05, 4.69) is 11.2 Å². The summed E-state index contributed by atoms with van der Waals surface area (Å²) in [5, 5.41) is 8.00. The molecule has 5 heteroatoms. The van der Waals surface area contributed by atoms with Crippen molar-refractivity contribution >= 4 is 22.6 Å². The van der Waals surface area contributed by atoms with Crippen LogP contribution in [0.3, 0.4) is 0 Å². The van der Waals surface area contributed by atoms with Crippen molar-refractivity contribution in [2.24, 2.45) is 5.10 Å². The van der Waals surface area contributed by atoms with Crippen LogP contribution >= 0.6 is 0 Å². The zero-order chi connectivity index (χ0) is 18.1. The molecule has 0 N–H and O–H groups in total. The summed E-state index contributed by atoms with van der Waals surface area (Å²) in [6.45, 7) is 1.47. The summed E-state index contributed by atoms with van der Waals surface area (Å²) in [5.41, 5.74) is 1.58. The van der Waals surface area contributed by atoms with Crippen LogP contribution in [-0.4, -0.2) is 23.9 Å². The quantitative estimate of drug-likeness (QED) is 0.718. The molecule has 0 aromatic heterocycles. The third-order valence-corrected chi connectivity index (χ3v) is 4.37. The van der Waals surface area contributed by atoms with Gasteiger partial charge in [0.2, 0.25) is 18.0 Å². The van der Waals surface area contributed by atoms with Crippen molar-refractivity contribution in [2.75, 3.05) is 7.11 Å². The maximum atomic E-state index is 12.1. The van der Waals surface area contributed by atoms with Crippen LogP contribution in [0.5, 0.6) is 5.75 Å². The fourth-order valence-electron chi connectivity index (χ4n) is 3.08. The van der Waals surface area contributed by atoms with Crippen LogP contribution in [0.25, 0.3) is 10.8 Å². The summed E-state index contributed by atoms with van der Waals surface area (Å²) in [6, 6.07) is 21.5. The summed E-state index contributed by atoms with van der Waals surface area (Å²) < 4.78 is 11.5. The molecule has 0 bridgehead atoms. The number of fused-ring (bicyclic) bond motifs is 1. The summed E-state index contributed by atoms with van der Waals surface area (Å²) in [4.78, 5) is 12.1. The minimum Gasteiger partial charge on any atom is -0.496 e. The molecule has 3 aromatic carbocycles. The number of rotatable bonds is 3. The highest BCUT2D eigenvalue weighted by Crippen LogP contribution is 2.35. The first kappa shape index (κ1) is 16.1. The first-order valence-corrected chi connectivity index (χ1v) is 8.34. The fourth-order valence-corrected chi connectivity index (χ4v) is 3.08. The Hall–Kier alpha value is -3.34. The monoisotopic (exact) mass is 346 g/mol. The lowest BCUT2D eigenvalue weighted by Gasteiger charge is -2.21. The number of benzene rings is 3. The second kappa shape index (κ2) is 6.52. The number of para-hydroxylation sites is 1. The van der Waals surface area contributed by atoms with Gasteiger partial charge in [-0.15, -0.1) is 5.10 Å². The molecule has 0 spiro atoms. The highest BCUT2D eigenvalue weighted by molar-refractivity contribution is 6.00. The molecule has 1 amide bonds.